The third kappa shape index (κ3) is 8.27. The highest BCUT2D eigenvalue weighted by Crippen LogP contribution is 1.84. The van der Waals surface area contributed by atoms with E-state index in [0.717, 1.165) is 6.54 Å². The Balaban J connectivity index is 0. The molecule has 0 aliphatic carbocycles. The van der Waals surface area contributed by atoms with Crippen molar-refractivity contribution in [3.63, 3.8) is 0 Å². The summed E-state index contributed by atoms with van der Waals surface area (Å²) in [5.41, 5.74) is 0. The Morgan fingerprint density at radius 3 is 2.25 bits per heavy atom. The maximum atomic E-state index is 5.03. The van der Waals surface area contributed by atoms with E-state index in [2.05, 4.69) is 12.2 Å². The predicted molar refractivity (Wildman–Crippen MR) is 44.4 cm³/mol. The van der Waals surface area contributed by atoms with E-state index in [1.807, 2.05) is 0 Å². The summed E-state index contributed by atoms with van der Waals surface area (Å²) in [6, 6.07) is 0. The molecule has 0 bridgehead atoms. The Morgan fingerprint density at radius 2 is 1.83 bits per heavy atom. The molecule has 0 spiro atoms. The zero-order valence-corrected chi connectivity index (χ0v) is 8.93. The van der Waals surface area contributed by atoms with Crippen LogP contribution in [0.15, 0.2) is 0 Å². The molecule has 0 atom stereocenters. The Kier molecular flexibility index (Phi) is 13.7. The molecule has 0 aromatic carbocycles. The summed E-state index contributed by atoms with van der Waals surface area (Å²) in [7, 11) is 3.34. The molecule has 0 unspecified atom stereocenters. The molecule has 0 aliphatic heterocycles. The molecular formula is C8H20ClNO2. The van der Waals surface area contributed by atoms with Crippen LogP contribution in [0.5, 0.6) is 0 Å². The molecule has 76 valence electrons. The second kappa shape index (κ2) is 11.2. The number of methoxy groups -OCH3 is 2. The van der Waals surface area contributed by atoms with E-state index < -0.39 is 0 Å². The lowest BCUT2D eigenvalue weighted by atomic mass is 10.3. The second-order valence-electron chi connectivity index (χ2n) is 2.57. The predicted octanol–water partition coefficient (Wildman–Crippen LogP) is -3.03. The van der Waals surface area contributed by atoms with Gasteiger partial charge in [-0.1, -0.05) is 13.3 Å². The average Bonchev–Trinajstić information content (AvgIpc) is 2.05. The summed E-state index contributed by atoms with van der Waals surface area (Å²) < 4.78 is 10.1. The normalized spacial score (nSPS) is 10.0. The minimum absolute atomic E-state index is 0. The number of ether oxygens (including phenoxy) is 2. The van der Waals surface area contributed by atoms with Gasteiger partial charge >= 0.3 is 0 Å². The van der Waals surface area contributed by atoms with Crippen molar-refractivity contribution in [3.05, 3.63) is 0 Å². The standard InChI is InChI=1S/C8H19NO2.ClH/c1-4-5-6-9-7-8(10-2)11-3;/h8-9H,4-7H2,1-3H3;1H. The molecule has 0 amide bonds. The molecule has 0 saturated heterocycles. The lowest BCUT2D eigenvalue weighted by Crippen LogP contribution is -3.00. The van der Waals surface area contributed by atoms with Gasteiger partial charge in [0.25, 0.3) is 0 Å². The summed E-state index contributed by atoms with van der Waals surface area (Å²) in [5.74, 6) is 0. The minimum Gasteiger partial charge on any atom is -1.00 e. The van der Waals surface area contributed by atoms with Crippen LogP contribution in [0.3, 0.4) is 0 Å². The molecule has 12 heavy (non-hydrogen) atoms. The first-order chi connectivity index (χ1) is 5.35. The second-order valence-corrected chi connectivity index (χ2v) is 2.57. The number of rotatable bonds is 7. The summed E-state index contributed by atoms with van der Waals surface area (Å²) in [6.07, 6.45) is 2.47. The maximum Gasteiger partial charge on any atom is 0.206 e. The highest BCUT2D eigenvalue weighted by atomic mass is 35.5. The number of hydrogen-bond donors (Lipinski definition) is 1. The van der Waals surface area contributed by atoms with E-state index in [9.17, 15) is 0 Å². The molecule has 4 heteroatoms. The topological polar surface area (TPSA) is 35.1 Å². The Labute approximate surface area is 81.2 Å². The number of unbranched alkanes of at least 4 members (excludes halogenated alkanes) is 1. The molecule has 0 rings (SSSR count). The Hall–Kier alpha value is 0.170. The van der Waals surface area contributed by atoms with Crippen molar-refractivity contribution >= 4 is 0 Å². The number of quaternary nitrogens is 1. The number of halogens is 1. The third-order valence-corrected chi connectivity index (χ3v) is 1.65. The Morgan fingerprint density at radius 1 is 1.25 bits per heavy atom. The summed E-state index contributed by atoms with van der Waals surface area (Å²) in [4.78, 5) is 0. The van der Waals surface area contributed by atoms with Crippen molar-refractivity contribution < 1.29 is 27.2 Å². The van der Waals surface area contributed by atoms with Crippen LogP contribution in [-0.2, 0) is 9.47 Å². The highest BCUT2D eigenvalue weighted by molar-refractivity contribution is 4.33. The maximum absolute atomic E-state index is 5.03. The molecule has 0 aliphatic rings. The van der Waals surface area contributed by atoms with Crippen molar-refractivity contribution in [2.24, 2.45) is 0 Å². The fraction of sp³-hybridized carbons (Fsp3) is 1.00. The van der Waals surface area contributed by atoms with Crippen molar-refractivity contribution in [2.75, 3.05) is 27.3 Å². The van der Waals surface area contributed by atoms with Gasteiger partial charge in [0, 0.05) is 14.2 Å². The van der Waals surface area contributed by atoms with Gasteiger partial charge in [0.15, 0.2) is 0 Å². The Bertz CT molecular complexity index is 79.5. The van der Waals surface area contributed by atoms with E-state index in [0.29, 0.717) is 0 Å². The van der Waals surface area contributed by atoms with Crippen molar-refractivity contribution in [1.29, 1.82) is 0 Å². The van der Waals surface area contributed by atoms with Crippen LogP contribution >= 0.6 is 0 Å². The lowest BCUT2D eigenvalue weighted by Gasteiger charge is -2.10. The zero-order valence-electron chi connectivity index (χ0n) is 8.18. The van der Waals surface area contributed by atoms with Gasteiger partial charge in [0.1, 0.15) is 6.54 Å². The van der Waals surface area contributed by atoms with Gasteiger partial charge < -0.3 is 27.2 Å². The number of hydrogen-bond acceptors (Lipinski definition) is 2. The van der Waals surface area contributed by atoms with E-state index in [1.54, 1.807) is 14.2 Å². The van der Waals surface area contributed by atoms with Gasteiger partial charge in [-0.05, 0) is 6.42 Å². The molecule has 0 fully saturated rings. The first-order valence-electron chi connectivity index (χ1n) is 4.22. The van der Waals surface area contributed by atoms with Crippen molar-refractivity contribution in [3.8, 4) is 0 Å². The zero-order chi connectivity index (χ0) is 8.53. The van der Waals surface area contributed by atoms with E-state index in [4.69, 9.17) is 9.47 Å². The monoisotopic (exact) mass is 197 g/mol. The van der Waals surface area contributed by atoms with Crippen LogP contribution < -0.4 is 17.7 Å². The molecule has 0 radical (unpaired) electrons. The molecule has 0 aromatic heterocycles. The molecule has 2 N–H and O–H groups in total. The quantitative estimate of drug-likeness (QED) is 0.348. The van der Waals surface area contributed by atoms with Crippen molar-refractivity contribution in [2.45, 2.75) is 26.1 Å². The lowest BCUT2D eigenvalue weighted by molar-refractivity contribution is -0.667. The first kappa shape index (κ1) is 14.7. The highest BCUT2D eigenvalue weighted by Gasteiger charge is 2.05. The van der Waals surface area contributed by atoms with Gasteiger partial charge in [0.05, 0.1) is 6.54 Å². The van der Waals surface area contributed by atoms with Crippen molar-refractivity contribution in [1.82, 2.24) is 0 Å². The third-order valence-electron chi connectivity index (χ3n) is 1.65. The molecular weight excluding hydrogens is 178 g/mol. The smallest absolute Gasteiger partial charge is 0.206 e. The molecule has 0 aromatic rings. The van der Waals surface area contributed by atoms with Crippen LogP contribution in [0.1, 0.15) is 19.8 Å². The fourth-order valence-electron chi connectivity index (χ4n) is 0.891. The van der Waals surface area contributed by atoms with Crippen LogP contribution in [0, 0.1) is 0 Å². The van der Waals surface area contributed by atoms with Crippen LogP contribution in [0.2, 0.25) is 0 Å². The van der Waals surface area contributed by atoms with Gasteiger partial charge in [-0.15, -0.1) is 0 Å². The van der Waals surface area contributed by atoms with Gasteiger partial charge in [-0.25, -0.2) is 0 Å². The average molecular weight is 198 g/mol. The summed E-state index contributed by atoms with van der Waals surface area (Å²) in [5, 5.41) is 2.22. The fourth-order valence-corrected chi connectivity index (χ4v) is 0.891. The molecule has 0 heterocycles. The summed E-state index contributed by atoms with van der Waals surface area (Å²) >= 11 is 0. The van der Waals surface area contributed by atoms with E-state index >= 15 is 0 Å². The van der Waals surface area contributed by atoms with E-state index in [1.165, 1.54) is 19.4 Å². The van der Waals surface area contributed by atoms with E-state index in [-0.39, 0.29) is 18.7 Å². The number of nitrogens with two attached hydrogens (primary N) is 1. The first-order valence-corrected chi connectivity index (χ1v) is 4.22. The van der Waals surface area contributed by atoms with Gasteiger partial charge in [-0.3, -0.25) is 0 Å². The SMILES string of the molecule is CCCC[NH2+]CC(OC)OC.[Cl-]. The molecule has 0 saturated carbocycles. The van der Waals surface area contributed by atoms with Gasteiger partial charge in [-0.2, -0.15) is 0 Å². The van der Waals surface area contributed by atoms with Crippen LogP contribution in [-0.4, -0.2) is 33.6 Å². The largest absolute Gasteiger partial charge is 1.00 e. The minimum atomic E-state index is -0.0492. The van der Waals surface area contributed by atoms with Crippen LogP contribution in [0.4, 0.5) is 0 Å². The summed E-state index contributed by atoms with van der Waals surface area (Å²) in [6.45, 7) is 4.25. The van der Waals surface area contributed by atoms with Gasteiger partial charge in [0.2, 0.25) is 6.29 Å². The molecule has 3 nitrogen and oxygen atoms in total. The van der Waals surface area contributed by atoms with Crippen LogP contribution in [0.25, 0.3) is 0 Å².